The summed E-state index contributed by atoms with van der Waals surface area (Å²) in [6.45, 7) is 4.46. The number of nitrogens with two attached hydrogens (primary N) is 1. The van der Waals surface area contributed by atoms with E-state index in [0.29, 0.717) is 0 Å². The molecule has 1 aromatic heterocycles. The molecule has 15 heteroatoms. The fourth-order valence-electron chi connectivity index (χ4n) is 2.48. The molecule has 0 saturated carbocycles. The molecule has 2 rings (SSSR count). The van der Waals surface area contributed by atoms with Gasteiger partial charge in [-0.1, -0.05) is 32.5 Å². The number of nitrogens with one attached hydrogen (secondary N) is 1. The molecule has 31 heavy (non-hydrogen) atoms. The van der Waals surface area contributed by atoms with Crippen molar-refractivity contribution in [3.05, 3.63) is 22.2 Å². The minimum absolute atomic E-state index is 0.0888. The molecule has 0 radical (unpaired) electrons. The first kappa shape index (κ1) is 25.9. The van der Waals surface area contributed by atoms with E-state index in [1.54, 1.807) is 20.8 Å². The summed E-state index contributed by atoms with van der Waals surface area (Å²) in [5, 5.41) is 20.2. The second-order valence-corrected chi connectivity index (χ2v) is 10.1. The Hall–Kier alpha value is -1.35. The van der Waals surface area contributed by atoms with Gasteiger partial charge in [-0.25, -0.2) is 14.2 Å². The summed E-state index contributed by atoms with van der Waals surface area (Å²) in [6.07, 6.45) is -5.19. The van der Waals surface area contributed by atoms with Crippen molar-refractivity contribution in [2.24, 2.45) is 5.41 Å². The number of carbonyl (C=O) groups is 1. The number of phosphoric ester groups is 1. The Bertz CT molecular complexity index is 876. The number of H-pyrrole nitrogens is 1. The lowest BCUT2D eigenvalue weighted by Crippen LogP contribution is -2.33. The second kappa shape index (κ2) is 10.5. The monoisotopic (exact) mass is 483 g/mol. The lowest BCUT2D eigenvalue weighted by Gasteiger charge is -2.17. The predicted octanol–water partition coefficient (Wildman–Crippen LogP) is -0.115. The third-order valence-corrected chi connectivity index (χ3v) is 6.06. The van der Waals surface area contributed by atoms with Crippen LogP contribution in [-0.2, 0) is 28.2 Å². The highest BCUT2D eigenvalue weighted by atomic mass is 32.2. The Kier molecular flexibility index (Phi) is 8.78. The lowest BCUT2D eigenvalue weighted by atomic mass is 10.00. The van der Waals surface area contributed by atoms with Gasteiger partial charge in [0.05, 0.1) is 12.3 Å². The first-order chi connectivity index (χ1) is 14.3. The molecule has 0 aliphatic carbocycles. The number of phosphoric acid groups is 1. The van der Waals surface area contributed by atoms with E-state index in [0.717, 1.165) is 11.8 Å². The maximum absolute atomic E-state index is 11.8. The Morgan fingerprint density at radius 3 is 2.68 bits per heavy atom. The van der Waals surface area contributed by atoms with E-state index in [2.05, 4.69) is 19.5 Å². The number of aliphatic hydroxyl groups is 2. The Balaban J connectivity index is 1.80. The van der Waals surface area contributed by atoms with Crippen LogP contribution in [0.15, 0.2) is 10.9 Å². The molecule has 2 heterocycles. The Labute approximate surface area is 181 Å². The maximum Gasteiger partial charge on any atom is 0.499 e. The van der Waals surface area contributed by atoms with E-state index in [1.807, 2.05) is 0 Å². The number of rotatable bonds is 9. The van der Waals surface area contributed by atoms with Crippen molar-refractivity contribution < 1.29 is 43.3 Å². The first-order valence-corrected chi connectivity index (χ1v) is 11.6. The van der Waals surface area contributed by atoms with Gasteiger partial charge in [-0.15, -0.1) is 4.67 Å². The summed E-state index contributed by atoms with van der Waals surface area (Å²) in [4.78, 5) is 43.2. The highest BCUT2D eigenvalue weighted by molar-refractivity contribution is 8.13. The summed E-state index contributed by atoms with van der Waals surface area (Å²) < 4.78 is 26.3. The molecule has 1 fully saturated rings. The first-order valence-electron chi connectivity index (χ1n) is 9.14. The van der Waals surface area contributed by atoms with Gasteiger partial charge < -0.3 is 30.6 Å². The number of aromatic amines is 1. The quantitative estimate of drug-likeness (QED) is 0.135. The topological polar surface area (TPSA) is 204 Å². The Morgan fingerprint density at radius 1 is 1.39 bits per heavy atom. The van der Waals surface area contributed by atoms with Crippen LogP contribution in [0.5, 0.6) is 0 Å². The molecular formula is C16H26N3O10PS. The second-order valence-electron chi connectivity index (χ2n) is 7.69. The summed E-state index contributed by atoms with van der Waals surface area (Å²) in [5.41, 5.74) is 4.27. The molecule has 1 aliphatic rings. The van der Waals surface area contributed by atoms with Crippen LogP contribution in [0, 0.1) is 5.41 Å². The number of aromatic nitrogens is 2. The molecule has 1 unspecified atom stereocenters. The van der Waals surface area contributed by atoms with Gasteiger partial charge in [-0.05, 0) is 0 Å². The molecule has 176 valence electrons. The van der Waals surface area contributed by atoms with E-state index >= 15 is 0 Å². The van der Waals surface area contributed by atoms with Crippen molar-refractivity contribution in [1.29, 1.82) is 0 Å². The van der Waals surface area contributed by atoms with Gasteiger partial charge in [-0.3, -0.25) is 9.32 Å². The SMILES string of the molecule is CC(C)(C)C(=O)SCCOP(=O)(O)OOC[C@H]1O[C@@H](c2cc(N)nc(=O)[nH]2)[C@@H](O)[C@@H]1O. The van der Waals surface area contributed by atoms with E-state index < -0.39 is 50.0 Å². The van der Waals surface area contributed by atoms with Crippen molar-refractivity contribution in [2.45, 2.75) is 45.2 Å². The smallest absolute Gasteiger partial charge is 0.387 e. The number of nitrogens with zero attached hydrogens (tertiary/aromatic N) is 1. The standard InChI is InChI=1S/C16H26N3O10PS/c1-16(2,3)14(22)31-5-4-27-30(24,25)29-26-7-9-11(20)12(21)13(28-9)8-6-10(17)19-15(23)18-8/h6,9,11-13,20-21H,4-5,7H2,1-3H3,(H,24,25)(H3,17,18,19,23)/t9-,11-,12+,13+/m1/s1. The van der Waals surface area contributed by atoms with Crippen LogP contribution in [0.3, 0.4) is 0 Å². The number of nitrogen functional groups attached to an aromatic ring is 1. The van der Waals surface area contributed by atoms with Crippen LogP contribution in [-0.4, -0.2) is 67.5 Å². The lowest BCUT2D eigenvalue weighted by molar-refractivity contribution is -0.246. The molecule has 1 aromatic rings. The molecule has 0 aromatic carbocycles. The molecular weight excluding hydrogens is 457 g/mol. The predicted molar refractivity (Wildman–Crippen MR) is 109 cm³/mol. The third-order valence-electron chi connectivity index (χ3n) is 4.02. The molecule has 5 atom stereocenters. The number of anilines is 1. The maximum atomic E-state index is 11.8. The van der Waals surface area contributed by atoms with Crippen molar-refractivity contribution in [1.82, 2.24) is 9.97 Å². The molecule has 0 bridgehead atoms. The number of thioether (sulfide) groups is 1. The highest BCUT2D eigenvalue weighted by Gasteiger charge is 2.44. The normalized spacial score (nSPS) is 26.0. The molecule has 1 saturated heterocycles. The zero-order valence-corrected chi connectivity index (χ0v) is 18.8. The van der Waals surface area contributed by atoms with Crippen LogP contribution in [0.1, 0.15) is 32.6 Å². The molecule has 6 N–H and O–H groups in total. The van der Waals surface area contributed by atoms with Gasteiger partial charge in [0, 0.05) is 17.2 Å². The van der Waals surface area contributed by atoms with Gasteiger partial charge in [-0.2, -0.15) is 4.98 Å². The Morgan fingerprint density at radius 2 is 2.06 bits per heavy atom. The fraction of sp³-hybridized carbons (Fsp3) is 0.688. The number of ether oxygens (including phenoxy) is 1. The summed E-state index contributed by atoms with van der Waals surface area (Å²) in [6, 6.07) is 1.26. The van der Waals surface area contributed by atoms with Gasteiger partial charge in [0.1, 0.15) is 36.8 Å². The number of aliphatic hydroxyl groups excluding tert-OH is 2. The average Bonchev–Trinajstić information content (AvgIpc) is 2.92. The molecule has 1 aliphatic heterocycles. The van der Waals surface area contributed by atoms with E-state index in [4.69, 9.17) is 15.0 Å². The molecule has 13 nitrogen and oxygen atoms in total. The van der Waals surface area contributed by atoms with Crippen LogP contribution < -0.4 is 11.4 Å². The van der Waals surface area contributed by atoms with Gasteiger partial charge in [0.15, 0.2) is 5.12 Å². The fourth-order valence-corrected chi connectivity index (χ4v) is 3.95. The average molecular weight is 483 g/mol. The number of hydrogen-bond donors (Lipinski definition) is 5. The minimum atomic E-state index is -4.59. The number of hydrogen-bond acceptors (Lipinski definition) is 12. The van der Waals surface area contributed by atoms with Crippen LogP contribution >= 0.6 is 19.6 Å². The zero-order valence-electron chi connectivity index (χ0n) is 17.1. The van der Waals surface area contributed by atoms with Crippen LogP contribution in [0.25, 0.3) is 0 Å². The summed E-state index contributed by atoms with van der Waals surface area (Å²) in [7, 11) is -4.59. The number of carbonyl (C=O) groups excluding carboxylic acids is 1. The summed E-state index contributed by atoms with van der Waals surface area (Å²) >= 11 is 0.957. The van der Waals surface area contributed by atoms with Crippen molar-refractivity contribution in [3.63, 3.8) is 0 Å². The largest absolute Gasteiger partial charge is 0.499 e. The van der Waals surface area contributed by atoms with Gasteiger partial charge in [0.2, 0.25) is 0 Å². The van der Waals surface area contributed by atoms with E-state index in [9.17, 15) is 29.3 Å². The van der Waals surface area contributed by atoms with Gasteiger partial charge in [0.25, 0.3) is 0 Å². The van der Waals surface area contributed by atoms with Crippen molar-refractivity contribution >= 4 is 30.5 Å². The van der Waals surface area contributed by atoms with Crippen LogP contribution in [0.2, 0.25) is 0 Å². The molecule has 0 spiro atoms. The molecule has 0 amide bonds. The minimum Gasteiger partial charge on any atom is -0.387 e. The van der Waals surface area contributed by atoms with Crippen LogP contribution in [0.4, 0.5) is 5.82 Å². The van der Waals surface area contributed by atoms with E-state index in [-0.39, 0.29) is 29.0 Å². The van der Waals surface area contributed by atoms with Crippen molar-refractivity contribution in [2.75, 3.05) is 24.7 Å². The van der Waals surface area contributed by atoms with Gasteiger partial charge >= 0.3 is 13.5 Å². The van der Waals surface area contributed by atoms with E-state index in [1.165, 1.54) is 6.07 Å². The zero-order chi connectivity index (χ0) is 23.4. The highest BCUT2D eigenvalue weighted by Crippen LogP contribution is 2.44. The third kappa shape index (κ3) is 7.63. The summed E-state index contributed by atoms with van der Waals surface area (Å²) in [5.74, 6) is 0.0306. The van der Waals surface area contributed by atoms with Crippen molar-refractivity contribution in [3.8, 4) is 0 Å².